The van der Waals surface area contributed by atoms with E-state index in [-0.39, 0.29) is 12.3 Å². The molecule has 10 heteroatoms. The highest BCUT2D eigenvalue weighted by atomic mass is 32.1. The van der Waals surface area contributed by atoms with Gasteiger partial charge in [-0.1, -0.05) is 18.2 Å². The van der Waals surface area contributed by atoms with Gasteiger partial charge in [-0.25, -0.2) is 4.98 Å². The van der Waals surface area contributed by atoms with E-state index in [9.17, 15) is 4.79 Å². The maximum absolute atomic E-state index is 12.2. The minimum atomic E-state index is -0.0882. The number of hydrogen-bond acceptors (Lipinski definition) is 9. The van der Waals surface area contributed by atoms with Crippen molar-refractivity contribution in [3.8, 4) is 0 Å². The van der Waals surface area contributed by atoms with Gasteiger partial charge < -0.3 is 15.5 Å². The molecule has 0 unspecified atom stereocenters. The molecule has 1 aromatic carbocycles. The molecule has 2 heterocycles. The van der Waals surface area contributed by atoms with Gasteiger partial charge in [-0.3, -0.25) is 10.1 Å². The largest absolute Gasteiger partial charge is 0.353 e. The first-order valence-corrected chi connectivity index (χ1v) is 9.97. The summed E-state index contributed by atoms with van der Waals surface area (Å²) in [5.41, 5.74) is 0.773. The van der Waals surface area contributed by atoms with Gasteiger partial charge in [0, 0.05) is 29.9 Å². The van der Waals surface area contributed by atoms with Gasteiger partial charge in [-0.15, -0.1) is 11.3 Å². The number of benzene rings is 1. The van der Waals surface area contributed by atoms with Crippen LogP contribution in [0.4, 0.5) is 22.7 Å². The summed E-state index contributed by atoms with van der Waals surface area (Å²) in [5.74, 6) is 1.45. The van der Waals surface area contributed by atoms with Crippen molar-refractivity contribution in [2.45, 2.75) is 13.3 Å². The lowest BCUT2D eigenvalue weighted by Gasteiger charge is -2.11. The zero-order valence-electron chi connectivity index (χ0n) is 16.6. The number of carbonyl (C=O) groups is 1. The number of nitrogens with one attached hydrogen (secondary N) is 3. The van der Waals surface area contributed by atoms with E-state index in [2.05, 4.69) is 40.8 Å². The first-order valence-electron chi connectivity index (χ1n) is 9.16. The van der Waals surface area contributed by atoms with E-state index in [1.807, 2.05) is 51.4 Å². The highest BCUT2D eigenvalue weighted by Gasteiger charge is 2.10. The molecule has 0 aliphatic heterocycles. The van der Waals surface area contributed by atoms with Gasteiger partial charge in [0.2, 0.25) is 17.8 Å². The predicted molar refractivity (Wildman–Crippen MR) is 116 cm³/mol. The summed E-state index contributed by atoms with van der Waals surface area (Å²) in [7, 11) is 4.01. The van der Waals surface area contributed by atoms with Crippen LogP contribution in [-0.2, 0) is 11.2 Å². The van der Waals surface area contributed by atoms with Crippen molar-refractivity contribution in [1.82, 2.24) is 24.8 Å². The van der Waals surface area contributed by atoms with Crippen molar-refractivity contribution in [2.24, 2.45) is 0 Å². The third-order valence-electron chi connectivity index (χ3n) is 3.75. The number of hydrogen-bond donors (Lipinski definition) is 3. The Bertz CT molecular complexity index is 944. The Balaban J connectivity index is 1.58. The monoisotopic (exact) mass is 412 g/mol. The number of anilines is 4. The third-order valence-corrected chi connectivity index (χ3v) is 4.67. The van der Waals surface area contributed by atoms with Gasteiger partial charge >= 0.3 is 0 Å². The van der Waals surface area contributed by atoms with Crippen LogP contribution in [0.1, 0.15) is 10.7 Å². The van der Waals surface area contributed by atoms with Crippen LogP contribution in [-0.4, -0.2) is 57.9 Å². The topological polar surface area (TPSA) is 108 Å². The number of carbonyl (C=O) groups excluding carboxylic acids is 1. The van der Waals surface area contributed by atoms with E-state index in [4.69, 9.17) is 0 Å². The zero-order valence-corrected chi connectivity index (χ0v) is 17.5. The lowest BCUT2D eigenvalue weighted by molar-refractivity contribution is -0.115. The Labute approximate surface area is 173 Å². The van der Waals surface area contributed by atoms with Crippen molar-refractivity contribution in [2.75, 3.05) is 43.1 Å². The average molecular weight is 413 g/mol. The molecule has 0 aliphatic carbocycles. The Morgan fingerprint density at radius 3 is 2.62 bits per heavy atom. The number of aryl methyl sites for hydroxylation is 1. The molecule has 152 valence electrons. The fourth-order valence-electron chi connectivity index (χ4n) is 2.44. The lowest BCUT2D eigenvalue weighted by atomic mass is 10.3. The Kier molecular flexibility index (Phi) is 7.04. The SMILES string of the molecule is Cc1nc(NCCN(C)C)nc(Nc2ncc(CC(=O)Nc3ccccc3)s2)n1. The quantitative estimate of drug-likeness (QED) is 0.492. The van der Waals surface area contributed by atoms with Crippen LogP contribution in [0.3, 0.4) is 0 Å². The van der Waals surface area contributed by atoms with Gasteiger partial charge in [0.05, 0.1) is 6.42 Å². The zero-order chi connectivity index (χ0) is 20.6. The highest BCUT2D eigenvalue weighted by Crippen LogP contribution is 2.22. The molecule has 1 amide bonds. The third kappa shape index (κ3) is 6.77. The van der Waals surface area contributed by atoms with Crippen LogP contribution in [0.25, 0.3) is 0 Å². The molecule has 2 aromatic heterocycles. The van der Waals surface area contributed by atoms with E-state index >= 15 is 0 Å². The number of amides is 1. The summed E-state index contributed by atoms with van der Waals surface area (Å²) in [6.45, 7) is 3.41. The molecule has 3 N–H and O–H groups in total. The molecule has 0 radical (unpaired) electrons. The molecular formula is C19H24N8OS. The molecule has 0 atom stereocenters. The Morgan fingerprint density at radius 1 is 1.10 bits per heavy atom. The van der Waals surface area contributed by atoms with Crippen LogP contribution in [0.5, 0.6) is 0 Å². The van der Waals surface area contributed by atoms with Crippen molar-refractivity contribution in [1.29, 1.82) is 0 Å². The first-order chi connectivity index (χ1) is 14.0. The minimum absolute atomic E-state index is 0.0882. The van der Waals surface area contributed by atoms with E-state index in [0.29, 0.717) is 22.9 Å². The molecular weight excluding hydrogens is 388 g/mol. The molecule has 0 bridgehead atoms. The summed E-state index contributed by atoms with van der Waals surface area (Å²) >= 11 is 1.39. The smallest absolute Gasteiger partial charge is 0.234 e. The summed E-state index contributed by atoms with van der Waals surface area (Å²) in [4.78, 5) is 32.4. The Hall–Kier alpha value is -3.11. The lowest BCUT2D eigenvalue weighted by Crippen LogP contribution is -2.22. The van der Waals surface area contributed by atoms with Crippen molar-refractivity contribution in [3.05, 3.63) is 47.2 Å². The number of nitrogens with zero attached hydrogens (tertiary/aromatic N) is 5. The predicted octanol–water partition coefficient (Wildman–Crippen LogP) is 2.53. The van der Waals surface area contributed by atoms with Crippen LogP contribution < -0.4 is 16.0 Å². The van der Waals surface area contributed by atoms with E-state index in [1.165, 1.54) is 11.3 Å². The Morgan fingerprint density at radius 2 is 1.86 bits per heavy atom. The molecule has 0 saturated heterocycles. The van der Waals surface area contributed by atoms with Crippen LogP contribution in [0.2, 0.25) is 0 Å². The number of rotatable bonds is 9. The van der Waals surface area contributed by atoms with Crippen LogP contribution in [0, 0.1) is 6.92 Å². The molecule has 9 nitrogen and oxygen atoms in total. The van der Waals surface area contributed by atoms with Crippen molar-refractivity contribution in [3.63, 3.8) is 0 Å². The standard InChI is InChI=1S/C19H24N8OS/c1-13-22-17(20-9-10-27(2)3)25-18(23-13)26-19-21-12-15(29-19)11-16(28)24-14-7-5-4-6-8-14/h4-8,12H,9-11H2,1-3H3,(H,24,28)(H2,20,21,22,23,25,26). The molecule has 0 fully saturated rings. The second-order valence-electron chi connectivity index (χ2n) is 6.61. The molecule has 0 spiro atoms. The van der Waals surface area contributed by atoms with Gasteiger partial charge in [0.25, 0.3) is 0 Å². The maximum atomic E-state index is 12.2. The summed E-state index contributed by atoms with van der Waals surface area (Å²) in [6.07, 6.45) is 1.93. The van der Waals surface area contributed by atoms with Gasteiger partial charge in [0.15, 0.2) is 5.13 Å². The molecule has 3 rings (SSSR count). The minimum Gasteiger partial charge on any atom is -0.353 e. The van der Waals surface area contributed by atoms with Gasteiger partial charge in [-0.2, -0.15) is 15.0 Å². The maximum Gasteiger partial charge on any atom is 0.234 e. The van der Waals surface area contributed by atoms with Crippen molar-refractivity contribution < 1.29 is 4.79 Å². The van der Waals surface area contributed by atoms with E-state index in [1.54, 1.807) is 6.20 Å². The summed E-state index contributed by atoms with van der Waals surface area (Å²) in [6, 6.07) is 9.37. The average Bonchev–Trinajstić information content (AvgIpc) is 3.08. The van der Waals surface area contributed by atoms with E-state index < -0.39 is 0 Å². The number of para-hydroxylation sites is 1. The number of likely N-dealkylation sites (N-methyl/N-ethyl adjacent to an activating group) is 1. The molecule has 3 aromatic rings. The van der Waals surface area contributed by atoms with Crippen molar-refractivity contribution >= 4 is 40.0 Å². The fourth-order valence-corrected chi connectivity index (χ4v) is 3.24. The molecule has 0 saturated carbocycles. The number of aromatic nitrogens is 4. The second-order valence-corrected chi connectivity index (χ2v) is 7.72. The highest BCUT2D eigenvalue weighted by molar-refractivity contribution is 7.15. The van der Waals surface area contributed by atoms with Crippen LogP contribution >= 0.6 is 11.3 Å². The van der Waals surface area contributed by atoms with Gasteiger partial charge in [-0.05, 0) is 33.2 Å². The second kappa shape index (κ2) is 9.89. The normalized spacial score (nSPS) is 10.8. The fraction of sp³-hybridized carbons (Fsp3) is 0.316. The first kappa shape index (κ1) is 20.6. The summed E-state index contributed by atoms with van der Waals surface area (Å²) in [5, 5.41) is 9.76. The number of thiazole rings is 1. The van der Waals surface area contributed by atoms with Crippen LogP contribution in [0.15, 0.2) is 36.5 Å². The molecule has 0 aliphatic rings. The summed E-state index contributed by atoms with van der Waals surface area (Å²) < 4.78 is 0. The molecule has 29 heavy (non-hydrogen) atoms. The van der Waals surface area contributed by atoms with E-state index in [0.717, 1.165) is 23.7 Å². The van der Waals surface area contributed by atoms with Gasteiger partial charge in [0.1, 0.15) is 5.82 Å².